The molecule has 10 heavy (non-hydrogen) atoms. The van der Waals surface area contributed by atoms with E-state index >= 15 is 0 Å². The number of rotatable bonds is 1. The normalized spacial score (nSPS) is 41.7. The van der Waals surface area contributed by atoms with E-state index in [1.807, 2.05) is 0 Å². The molecule has 4 N–H and O–H groups in total. The molecule has 0 radical (unpaired) electrons. The van der Waals surface area contributed by atoms with Gasteiger partial charge >= 0.3 is 0 Å². The largest absolute Gasteiger partial charge is 0.395 e. The van der Waals surface area contributed by atoms with Crippen LogP contribution in [0.4, 0.5) is 4.39 Å². The summed E-state index contributed by atoms with van der Waals surface area (Å²) >= 11 is 0. The van der Waals surface area contributed by atoms with Crippen LogP contribution in [0.1, 0.15) is 0 Å². The average Bonchev–Trinajstić information content (AvgIpc) is 1.95. The lowest BCUT2D eigenvalue weighted by atomic mass is 10.1. The highest BCUT2D eigenvalue weighted by atomic mass is 19.1. The first kappa shape index (κ1) is 7.87. The highest BCUT2D eigenvalue weighted by Gasteiger charge is 2.30. The molecule has 3 unspecified atom stereocenters. The van der Waals surface area contributed by atoms with Crippen molar-refractivity contribution in [3.63, 3.8) is 0 Å². The van der Waals surface area contributed by atoms with Crippen molar-refractivity contribution >= 4 is 0 Å². The Labute approximate surface area is 58.0 Å². The Kier molecular flexibility index (Phi) is 2.56. The molecule has 0 spiro atoms. The van der Waals surface area contributed by atoms with Crippen LogP contribution in [0.5, 0.6) is 0 Å². The van der Waals surface area contributed by atoms with Gasteiger partial charge in [0.1, 0.15) is 12.3 Å². The molecule has 0 amide bonds. The third-order valence-corrected chi connectivity index (χ3v) is 1.56. The first-order chi connectivity index (χ1) is 4.75. The van der Waals surface area contributed by atoms with Crippen molar-refractivity contribution in [3.05, 3.63) is 0 Å². The van der Waals surface area contributed by atoms with Crippen LogP contribution in [0.15, 0.2) is 0 Å². The first-order valence-electron chi connectivity index (χ1n) is 3.17. The quantitative estimate of drug-likeness (QED) is 0.354. The highest BCUT2D eigenvalue weighted by molar-refractivity contribution is 4.85. The van der Waals surface area contributed by atoms with E-state index in [-0.39, 0.29) is 13.2 Å². The van der Waals surface area contributed by atoms with Gasteiger partial charge in [-0.25, -0.2) is 9.82 Å². The summed E-state index contributed by atoms with van der Waals surface area (Å²) < 4.78 is 12.6. The number of hydrogen-bond acceptors (Lipinski definition) is 4. The number of nitrogens with one attached hydrogen (secondary N) is 2. The molecule has 1 aliphatic rings. The Morgan fingerprint density at radius 1 is 1.60 bits per heavy atom. The zero-order valence-corrected chi connectivity index (χ0v) is 5.42. The van der Waals surface area contributed by atoms with Crippen molar-refractivity contribution in [1.82, 2.24) is 10.9 Å². The molecule has 3 atom stereocenters. The van der Waals surface area contributed by atoms with Gasteiger partial charge in [-0.15, -0.1) is 0 Å². The van der Waals surface area contributed by atoms with E-state index in [0.717, 1.165) is 0 Å². The van der Waals surface area contributed by atoms with E-state index in [0.29, 0.717) is 0 Å². The Morgan fingerprint density at radius 3 is 2.80 bits per heavy atom. The molecular formula is C5H11FN2O2. The number of aliphatic hydroxyl groups is 2. The van der Waals surface area contributed by atoms with Crippen molar-refractivity contribution < 1.29 is 14.6 Å². The van der Waals surface area contributed by atoms with E-state index in [2.05, 4.69) is 10.9 Å². The van der Waals surface area contributed by atoms with Gasteiger partial charge in [-0.1, -0.05) is 0 Å². The van der Waals surface area contributed by atoms with Crippen LogP contribution >= 0.6 is 0 Å². The number of hydrogen-bond donors (Lipinski definition) is 4. The van der Waals surface area contributed by atoms with Gasteiger partial charge in [0.25, 0.3) is 0 Å². The van der Waals surface area contributed by atoms with Crippen LogP contribution in [-0.4, -0.2) is 41.7 Å². The van der Waals surface area contributed by atoms with Crippen molar-refractivity contribution in [3.8, 4) is 0 Å². The lowest BCUT2D eigenvalue weighted by Gasteiger charge is -2.30. The molecule has 0 aliphatic carbocycles. The molecule has 5 heteroatoms. The summed E-state index contributed by atoms with van der Waals surface area (Å²) in [5.74, 6) is 0. The first-order valence-corrected chi connectivity index (χ1v) is 3.17. The van der Waals surface area contributed by atoms with Gasteiger partial charge in [0.05, 0.1) is 12.6 Å². The molecule has 1 saturated heterocycles. The lowest BCUT2D eigenvalue weighted by molar-refractivity contribution is -0.00502. The molecule has 1 rings (SSSR count). The van der Waals surface area contributed by atoms with Gasteiger partial charge < -0.3 is 10.2 Å². The summed E-state index contributed by atoms with van der Waals surface area (Å²) in [6.45, 7) is -0.188. The van der Waals surface area contributed by atoms with Crippen LogP contribution in [-0.2, 0) is 0 Å². The second-order valence-corrected chi connectivity index (χ2v) is 2.32. The molecule has 1 heterocycles. The zero-order valence-electron chi connectivity index (χ0n) is 5.42. The van der Waals surface area contributed by atoms with E-state index in [1.54, 1.807) is 0 Å². The molecular weight excluding hydrogens is 139 g/mol. The molecule has 0 saturated carbocycles. The van der Waals surface area contributed by atoms with E-state index in [9.17, 15) is 4.39 Å². The summed E-state index contributed by atoms with van der Waals surface area (Å²) in [7, 11) is 0. The van der Waals surface area contributed by atoms with Gasteiger partial charge in [-0.05, 0) is 0 Å². The SMILES string of the molecule is OCC1NNCC(F)C1O. The average molecular weight is 150 g/mol. The maximum Gasteiger partial charge on any atom is 0.141 e. The summed E-state index contributed by atoms with van der Waals surface area (Å²) in [6, 6.07) is -0.594. The standard InChI is InChI=1S/C5H11FN2O2/c6-3-1-7-8-4(2-9)5(3)10/h3-5,7-10H,1-2H2. The maximum atomic E-state index is 12.6. The van der Waals surface area contributed by atoms with Crippen molar-refractivity contribution in [2.75, 3.05) is 13.2 Å². The van der Waals surface area contributed by atoms with E-state index < -0.39 is 18.3 Å². The second kappa shape index (κ2) is 3.25. The van der Waals surface area contributed by atoms with Crippen LogP contribution < -0.4 is 10.9 Å². The minimum Gasteiger partial charge on any atom is -0.395 e. The van der Waals surface area contributed by atoms with Crippen molar-refractivity contribution in [2.24, 2.45) is 0 Å². The van der Waals surface area contributed by atoms with Gasteiger partial charge in [0, 0.05) is 6.54 Å². The van der Waals surface area contributed by atoms with Gasteiger partial charge in [0.15, 0.2) is 0 Å². The van der Waals surface area contributed by atoms with Gasteiger partial charge in [0.2, 0.25) is 0 Å². The molecule has 0 bridgehead atoms. The van der Waals surface area contributed by atoms with Gasteiger partial charge in [-0.2, -0.15) is 0 Å². The van der Waals surface area contributed by atoms with Crippen molar-refractivity contribution in [2.45, 2.75) is 18.3 Å². The van der Waals surface area contributed by atoms with Crippen LogP contribution in [0, 0.1) is 0 Å². The Hall–Kier alpha value is -0.230. The fourth-order valence-electron chi connectivity index (χ4n) is 0.899. The topological polar surface area (TPSA) is 64.5 Å². The fourth-order valence-corrected chi connectivity index (χ4v) is 0.899. The number of halogens is 1. The predicted octanol–water partition coefficient (Wildman–Crippen LogP) is -1.85. The fraction of sp³-hybridized carbons (Fsp3) is 1.00. The maximum absolute atomic E-state index is 12.6. The summed E-state index contributed by atoms with van der Waals surface area (Å²) in [6.07, 6.45) is -2.40. The van der Waals surface area contributed by atoms with Crippen LogP contribution in [0.3, 0.4) is 0 Å². The molecule has 4 nitrogen and oxygen atoms in total. The van der Waals surface area contributed by atoms with E-state index in [4.69, 9.17) is 10.2 Å². The number of hydrazine groups is 1. The lowest BCUT2D eigenvalue weighted by Crippen LogP contribution is -2.60. The van der Waals surface area contributed by atoms with Crippen LogP contribution in [0.25, 0.3) is 0 Å². The predicted molar refractivity (Wildman–Crippen MR) is 32.9 cm³/mol. The summed E-state index contributed by atoms with van der Waals surface area (Å²) in [4.78, 5) is 0. The summed E-state index contributed by atoms with van der Waals surface area (Å²) in [5.41, 5.74) is 5.08. The number of aliphatic hydroxyl groups excluding tert-OH is 2. The molecule has 0 aromatic carbocycles. The van der Waals surface area contributed by atoms with Gasteiger partial charge in [-0.3, -0.25) is 5.43 Å². The zero-order chi connectivity index (χ0) is 7.56. The third kappa shape index (κ3) is 1.43. The molecule has 1 fully saturated rings. The Balaban J connectivity index is 2.42. The van der Waals surface area contributed by atoms with E-state index in [1.165, 1.54) is 0 Å². The molecule has 0 aromatic rings. The molecule has 1 aliphatic heterocycles. The highest BCUT2D eigenvalue weighted by Crippen LogP contribution is 2.05. The molecule has 0 aromatic heterocycles. The third-order valence-electron chi connectivity index (χ3n) is 1.56. The Bertz CT molecular complexity index is 114. The monoisotopic (exact) mass is 150 g/mol. The summed E-state index contributed by atoms with van der Waals surface area (Å²) in [5, 5.41) is 17.5. The number of alkyl halides is 1. The van der Waals surface area contributed by atoms with Crippen LogP contribution in [0.2, 0.25) is 0 Å². The smallest absolute Gasteiger partial charge is 0.141 e. The minimum absolute atomic E-state index is 0.0810. The molecule has 60 valence electrons. The van der Waals surface area contributed by atoms with Crippen molar-refractivity contribution in [1.29, 1.82) is 0 Å². The Morgan fingerprint density at radius 2 is 2.30 bits per heavy atom. The minimum atomic E-state index is -1.29. The second-order valence-electron chi connectivity index (χ2n) is 2.32.